The predicted octanol–water partition coefficient (Wildman–Crippen LogP) is 3.96. The Labute approximate surface area is 170 Å². The van der Waals surface area contributed by atoms with Crippen molar-refractivity contribution in [3.8, 4) is 0 Å². The SMILES string of the molecule is Cc1ccc(S(=O)(=O)c2ccc(Cl)cc2)cc1S(=O)(=O)NCc1ccccc1. The van der Waals surface area contributed by atoms with E-state index in [2.05, 4.69) is 4.72 Å². The Hall–Kier alpha value is -2.19. The normalized spacial score (nSPS) is 12.1. The molecule has 0 saturated heterocycles. The summed E-state index contributed by atoms with van der Waals surface area (Å²) in [7, 11) is -7.77. The Bertz CT molecular complexity index is 1190. The van der Waals surface area contributed by atoms with E-state index >= 15 is 0 Å². The van der Waals surface area contributed by atoms with E-state index in [0.29, 0.717) is 10.6 Å². The molecule has 0 aliphatic rings. The highest BCUT2D eigenvalue weighted by Crippen LogP contribution is 2.26. The summed E-state index contributed by atoms with van der Waals surface area (Å²) in [6, 6.07) is 18.9. The molecule has 0 unspecified atom stereocenters. The average molecular weight is 436 g/mol. The van der Waals surface area contributed by atoms with Crippen LogP contribution in [0.25, 0.3) is 0 Å². The van der Waals surface area contributed by atoms with Crippen molar-refractivity contribution in [2.75, 3.05) is 0 Å². The molecule has 0 fully saturated rings. The van der Waals surface area contributed by atoms with Crippen LogP contribution in [0.3, 0.4) is 0 Å². The van der Waals surface area contributed by atoms with Gasteiger partial charge in [-0.15, -0.1) is 0 Å². The van der Waals surface area contributed by atoms with Crippen LogP contribution in [0.15, 0.2) is 87.5 Å². The van der Waals surface area contributed by atoms with Gasteiger partial charge in [-0.1, -0.05) is 48.0 Å². The molecule has 0 bridgehead atoms. The van der Waals surface area contributed by atoms with Gasteiger partial charge in [0.2, 0.25) is 19.9 Å². The Kier molecular flexibility index (Phi) is 5.90. The van der Waals surface area contributed by atoms with E-state index in [1.54, 1.807) is 19.1 Å². The lowest BCUT2D eigenvalue weighted by Crippen LogP contribution is -2.24. The van der Waals surface area contributed by atoms with Crippen LogP contribution >= 0.6 is 11.6 Å². The van der Waals surface area contributed by atoms with E-state index in [0.717, 1.165) is 5.56 Å². The average Bonchev–Trinajstić information content (AvgIpc) is 2.68. The minimum atomic E-state index is -3.90. The third kappa shape index (κ3) is 4.44. The Morgan fingerprint density at radius 2 is 1.43 bits per heavy atom. The molecule has 3 aromatic carbocycles. The first-order valence-electron chi connectivity index (χ1n) is 8.35. The minimum Gasteiger partial charge on any atom is -0.219 e. The monoisotopic (exact) mass is 435 g/mol. The number of sulfonamides is 1. The van der Waals surface area contributed by atoms with E-state index in [4.69, 9.17) is 11.6 Å². The van der Waals surface area contributed by atoms with Crippen LogP contribution in [-0.4, -0.2) is 16.8 Å². The van der Waals surface area contributed by atoms with Gasteiger partial charge in [0.25, 0.3) is 0 Å². The fourth-order valence-electron chi connectivity index (χ4n) is 2.64. The number of benzene rings is 3. The maximum Gasteiger partial charge on any atom is 0.241 e. The highest BCUT2D eigenvalue weighted by Gasteiger charge is 2.23. The zero-order chi connectivity index (χ0) is 20.4. The summed E-state index contributed by atoms with van der Waals surface area (Å²) in [5, 5.41) is 0.413. The number of nitrogens with one attached hydrogen (secondary N) is 1. The summed E-state index contributed by atoms with van der Waals surface area (Å²) >= 11 is 5.82. The van der Waals surface area contributed by atoms with Crippen molar-refractivity contribution in [3.63, 3.8) is 0 Å². The lowest BCUT2D eigenvalue weighted by molar-refractivity contribution is 0.580. The van der Waals surface area contributed by atoms with Crippen molar-refractivity contribution in [1.82, 2.24) is 4.72 Å². The maximum atomic E-state index is 12.9. The lowest BCUT2D eigenvalue weighted by Gasteiger charge is -2.12. The van der Waals surface area contributed by atoms with Gasteiger partial charge >= 0.3 is 0 Å². The molecular formula is C20H18ClNO4S2. The second kappa shape index (κ2) is 8.05. The molecule has 0 saturated carbocycles. The first-order chi connectivity index (χ1) is 13.2. The van der Waals surface area contributed by atoms with Gasteiger partial charge in [0.05, 0.1) is 14.7 Å². The summed E-state index contributed by atoms with van der Waals surface area (Å²) in [4.78, 5) is -0.125. The van der Waals surface area contributed by atoms with Gasteiger partial charge in [0.15, 0.2) is 0 Å². The minimum absolute atomic E-state index is 0.0429. The number of rotatable bonds is 6. The van der Waals surface area contributed by atoms with E-state index in [9.17, 15) is 16.8 Å². The Balaban J connectivity index is 1.95. The Morgan fingerprint density at radius 3 is 2.07 bits per heavy atom. The molecule has 0 spiro atoms. The summed E-state index contributed by atoms with van der Waals surface area (Å²) in [5.74, 6) is 0. The molecule has 3 rings (SSSR count). The number of hydrogen-bond acceptors (Lipinski definition) is 4. The van der Waals surface area contributed by atoms with Crippen molar-refractivity contribution in [2.24, 2.45) is 0 Å². The van der Waals surface area contributed by atoms with Gasteiger partial charge < -0.3 is 0 Å². The molecule has 0 amide bonds. The fraction of sp³-hybridized carbons (Fsp3) is 0.100. The van der Waals surface area contributed by atoms with Crippen LogP contribution in [0.5, 0.6) is 0 Å². The van der Waals surface area contributed by atoms with E-state index in [-0.39, 0.29) is 21.2 Å². The molecule has 0 aliphatic carbocycles. The van der Waals surface area contributed by atoms with Crippen LogP contribution in [0, 0.1) is 6.92 Å². The molecular weight excluding hydrogens is 418 g/mol. The van der Waals surface area contributed by atoms with Crippen molar-refractivity contribution in [2.45, 2.75) is 28.2 Å². The first-order valence-corrected chi connectivity index (χ1v) is 11.7. The third-order valence-electron chi connectivity index (χ3n) is 4.19. The van der Waals surface area contributed by atoms with E-state index in [1.807, 2.05) is 18.2 Å². The van der Waals surface area contributed by atoms with Crippen LogP contribution in [0.1, 0.15) is 11.1 Å². The van der Waals surface area contributed by atoms with Crippen LogP contribution in [0.4, 0.5) is 0 Å². The molecule has 146 valence electrons. The standard InChI is InChI=1S/C20H18ClNO4S2/c1-15-7-10-19(27(23,24)18-11-8-17(21)9-12-18)13-20(15)28(25,26)22-14-16-5-3-2-4-6-16/h2-13,22H,14H2,1H3. The van der Waals surface area contributed by atoms with E-state index < -0.39 is 19.9 Å². The number of sulfone groups is 1. The van der Waals surface area contributed by atoms with Gasteiger partial charge in [-0.3, -0.25) is 0 Å². The molecule has 3 aromatic rings. The van der Waals surface area contributed by atoms with Gasteiger partial charge in [-0.05, 0) is 54.4 Å². The second-order valence-electron chi connectivity index (χ2n) is 6.19. The van der Waals surface area contributed by atoms with Crippen molar-refractivity contribution >= 4 is 31.5 Å². The lowest BCUT2D eigenvalue weighted by atomic mass is 10.2. The molecule has 0 atom stereocenters. The zero-order valence-electron chi connectivity index (χ0n) is 15.0. The van der Waals surface area contributed by atoms with Crippen molar-refractivity contribution < 1.29 is 16.8 Å². The predicted molar refractivity (Wildman–Crippen MR) is 109 cm³/mol. The number of hydrogen-bond donors (Lipinski definition) is 1. The highest BCUT2D eigenvalue weighted by atomic mass is 35.5. The molecule has 5 nitrogen and oxygen atoms in total. The summed E-state index contributed by atoms with van der Waals surface area (Å²) in [5.41, 5.74) is 1.25. The van der Waals surface area contributed by atoms with Gasteiger partial charge in [0, 0.05) is 11.6 Å². The van der Waals surface area contributed by atoms with Gasteiger partial charge in [-0.2, -0.15) is 0 Å². The summed E-state index contributed by atoms with van der Waals surface area (Å²) in [6.07, 6.45) is 0. The smallest absolute Gasteiger partial charge is 0.219 e. The molecule has 0 heterocycles. The Morgan fingerprint density at radius 1 is 0.821 bits per heavy atom. The summed E-state index contributed by atoms with van der Waals surface area (Å²) in [6.45, 7) is 1.73. The molecule has 28 heavy (non-hydrogen) atoms. The number of aryl methyl sites for hydroxylation is 1. The molecule has 0 aromatic heterocycles. The topological polar surface area (TPSA) is 80.3 Å². The second-order valence-corrected chi connectivity index (χ2v) is 10.3. The molecule has 8 heteroatoms. The van der Waals surface area contributed by atoms with Crippen molar-refractivity contribution in [1.29, 1.82) is 0 Å². The zero-order valence-corrected chi connectivity index (χ0v) is 17.4. The highest BCUT2D eigenvalue weighted by molar-refractivity contribution is 7.91. The van der Waals surface area contributed by atoms with Gasteiger partial charge in [0.1, 0.15) is 0 Å². The molecule has 0 aliphatic heterocycles. The van der Waals surface area contributed by atoms with Crippen molar-refractivity contribution in [3.05, 3.63) is 88.9 Å². The van der Waals surface area contributed by atoms with Crippen LogP contribution in [0.2, 0.25) is 5.02 Å². The van der Waals surface area contributed by atoms with E-state index in [1.165, 1.54) is 42.5 Å². The quantitative estimate of drug-likeness (QED) is 0.635. The van der Waals surface area contributed by atoms with Gasteiger partial charge in [-0.25, -0.2) is 21.6 Å². The van der Waals surface area contributed by atoms with Crippen LogP contribution in [-0.2, 0) is 26.4 Å². The fourth-order valence-corrected chi connectivity index (χ4v) is 5.41. The largest absolute Gasteiger partial charge is 0.241 e. The first kappa shape index (κ1) is 20.5. The maximum absolute atomic E-state index is 12.9. The molecule has 1 N–H and O–H groups in total. The van der Waals surface area contributed by atoms with Crippen LogP contribution < -0.4 is 4.72 Å². The summed E-state index contributed by atoms with van der Waals surface area (Å²) < 4.78 is 53.8. The third-order valence-corrected chi connectivity index (χ3v) is 7.76. The molecule has 0 radical (unpaired) electrons. The number of halogens is 1.